The number of hydrogen-bond donors (Lipinski definition) is 4. The van der Waals surface area contributed by atoms with Crippen molar-refractivity contribution in [3.8, 4) is 0 Å². The van der Waals surface area contributed by atoms with E-state index in [0.29, 0.717) is 0 Å². The zero-order valence-corrected chi connectivity index (χ0v) is 13.9. The Morgan fingerprint density at radius 3 is 2.88 bits per heavy atom. The quantitative estimate of drug-likeness (QED) is 0.365. The van der Waals surface area contributed by atoms with E-state index >= 15 is 0 Å². The molecule has 6 nitrogen and oxygen atoms in total. The summed E-state index contributed by atoms with van der Waals surface area (Å²) < 4.78 is 0. The number of rotatable bonds is 6. The van der Waals surface area contributed by atoms with Crippen molar-refractivity contribution in [1.29, 1.82) is 0 Å². The second kappa shape index (κ2) is 7.77. The highest BCUT2D eigenvalue weighted by Gasteiger charge is 2.36. The van der Waals surface area contributed by atoms with E-state index in [4.69, 9.17) is 5.21 Å². The largest absolute Gasteiger partial charge is 0.363 e. The first-order valence-corrected chi connectivity index (χ1v) is 8.76. The predicted octanol–water partition coefficient (Wildman–Crippen LogP) is 2.32. The van der Waals surface area contributed by atoms with E-state index in [-0.39, 0.29) is 5.54 Å². The molecule has 130 valence electrons. The second-order valence-corrected chi connectivity index (χ2v) is 6.97. The van der Waals surface area contributed by atoms with Gasteiger partial charge in [-0.1, -0.05) is 25.7 Å². The summed E-state index contributed by atoms with van der Waals surface area (Å²) in [5.74, 6) is 1.15. The van der Waals surface area contributed by atoms with E-state index in [2.05, 4.69) is 15.6 Å². The summed E-state index contributed by atoms with van der Waals surface area (Å²) in [4.78, 5) is 15.5. The number of carbonyl (C=O) groups is 1. The highest BCUT2D eigenvalue weighted by Crippen LogP contribution is 2.35. The van der Waals surface area contributed by atoms with Crippen LogP contribution in [0.5, 0.6) is 0 Å². The lowest BCUT2D eigenvalue weighted by atomic mass is 9.85. The lowest BCUT2D eigenvalue weighted by Gasteiger charge is -2.33. The maximum atomic E-state index is 11.0. The van der Waals surface area contributed by atoms with Crippen LogP contribution in [0, 0.1) is 5.92 Å². The molecular formula is C18H26N4O2. The van der Waals surface area contributed by atoms with Crippen LogP contribution in [0.3, 0.4) is 0 Å². The number of hydroxylamine groups is 1. The Morgan fingerprint density at radius 2 is 2.25 bits per heavy atom. The maximum Gasteiger partial charge on any atom is 0.267 e. The molecule has 2 fully saturated rings. The Bertz CT molecular complexity index is 573. The van der Waals surface area contributed by atoms with Gasteiger partial charge in [-0.05, 0) is 49.1 Å². The highest BCUT2D eigenvalue weighted by atomic mass is 16.5. The van der Waals surface area contributed by atoms with Crippen LogP contribution >= 0.6 is 0 Å². The number of nitrogens with zero attached hydrogens (tertiary/aromatic N) is 1. The van der Waals surface area contributed by atoms with Crippen molar-refractivity contribution in [3.63, 3.8) is 0 Å². The zero-order valence-electron chi connectivity index (χ0n) is 13.9. The van der Waals surface area contributed by atoms with E-state index in [1.54, 1.807) is 17.8 Å². The third-order valence-electron chi connectivity index (χ3n) is 5.11. The summed E-state index contributed by atoms with van der Waals surface area (Å²) in [7, 11) is 0. The standard InChI is InChI=1S/C18H26N4O2/c23-17(22-24)8-6-15-5-7-16(20-12-15)21-18(9-10-19-13-18)11-14-3-1-2-4-14/h5-8,12,14,19,24H,1-4,9-11,13H2,(H,20,21)(H,22,23)/b8-6+/t18-/m0/s1. The molecule has 1 aromatic heterocycles. The van der Waals surface area contributed by atoms with Gasteiger partial charge in [-0.15, -0.1) is 0 Å². The minimum absolute atomic E-state index is 0.107. The van der Waals surface area contributed by atoms with Crippen molar-refractivity contribution in [2.24, 2.45) is 5.92 Å². The van der Waals surface area contributed by atoms with Gasteiger partial charge in [-0.25, -0.2) is 10.5 Å². The molecule has 1 saturated heterocycles. The number of aromatic nitrogens is 1. The number of anilines is 1. The molecule has 2 aliphatic rings. The molecule has 3 rings (SSSR count). The smallest absolute Gasteiger partial charge is 0.267 e. The zero-order chi connectivity index (χ0) is 16.8. The third-order valence-corrected chi connectivity index (χ3v) is 5.11. The van der Waals surface area contributed by atoms with Crippen LogP contribution in [-0.2, 0) is 4.79 Å². The van der Waals surface area contributed by atoms with Crippen LogP contribution in [-0.4, -0.2) is 34.7 Å². The average molecular weight is 330 g/mol. The number of amides is 1. The van der Waals surface area contributed by atoms with Crippen molar-refractivity contribution in [1.82, 2.24) is 15.8 Å². The molecule has 1 amide bonds. The second-order valence-electron chi connectivity index (χ2n) is 6.97. The van der Waals surface area contributed by atoms with Gasteiger partial charge in [-0.2, -0.15) is 0 Å². The van der Waals surface area contributed by atoms with Gasteiger partial charge in [0.2, 0.25) is 0 Å². The summed E-state index contributed by atoms with van der Waals surface area (Å²) in [6.45, 7) is 2.04. The minimum Gasteiger partial charge on any atom is -0.363 e. The van der Waals surface area contributed by atoms with Crippen molar-refractivity contribution in [2.75, 3.05) is 18.4 Å². The van der Waals surface area contributed by atoms with Gasteiger partial charge >= 0.3 is 0 Å². The molecular weight excluding hydrogens is 304 g/mol. The summed E-state index contributed by atoms with van der Waals surface area (Å²) in [6, 6.07) is 3.87. The molecule has 6 heteroatoms. The average Bonchev–Trinajstić information content (AvgIpc) is 3.26. The van der Waals surface area contributed by atoms with Crippen LogP contribution in [0.25, 0.3) is 6.08 Å². The fourth-order valence-corrected chi connectivity index (χ4v) is 3.90. The number of hydrogen-bond acceptors (Lipinski definition) is 5. The molecule has 0 aromatic carbocycles. The minimum atomic E-state index is -0.551. The van der Waals surface area contributed by atoms with Crippen LogP contribution in [0.1, 0.15) is 44.1 Å². The van der Waals surface area contributed by atoms with E-state index in [1.807, 2.05) is 12.1 Å². The Balaban J connectivity index is 1.64. The van der Waals surface area contributed by atoms with Crippen molar-refractivity contribution in [3.05, 3.63) is 30.0 Å². The van der Waals surface area contributed by atoms with E-state index in [9.17, 15) is 4.79 Å². The number of pyridine rings is 1. The van der Waals surface area contributed by atoms with Gasteiger partial charge in [0.15, 0.2) is 0 Å². The predicted molar refractivity (Wildman–Crippen MR) is 93.6 cm³/mol. The lowest BCUT2D eigenvalue weighted by Crippen LogP contribution is -2.42. The van der Waals surface area contributed by atoms with Crippen LogP contribution in [0.2, 0.25) is 0 Å². The Morgan fingerprint density at radius 1 is 1.42 bits per heavy atom. The van der Waals surface area contributed by atoms with E-state index < -0.39 is 5.91 Å². The van der Waals surface area contributed by atoms with Crippen molar-refractivity contribution < 1.29 is 10.0 Å². The molecule has 0 bridgehead atoms. The Hall–Kier alpha value is -1.92. The van der Waals surface area contributed by atoms with Gasteiger partial charge in [0.05, 0.1) is 5.54 Å². The van der Waals surface area contributed by atoms with E-state index in [0.717, 1.165) is 36.8 Å². The molecule has 0 spiro atoms. The summed E-state index contributed by atoms with van der Waals surface area (Å²) in [5, 5.41) is 15.6. The summed E-state index contributed by atoms with van der Waals surface area (Å²) >= 11 is 0. The van der Waals surface area contributed by atoms with Gasteiger partial charge < -0.3 is 10.6 Å². The van der Waals surface area contributed by atoms with Gasteiger partial charge in [0, 0.05) is 18.8 Å². The molecule has 1 aliphatic heterocycles. The Labute approximate surface area is 142 Å². The topological polar surface area (TPSA) is 86.3 Å². The van der Waals surface area contributed by atoms with Gasteiger partial charge in [0.25, 0.3) is 5.91 Å². The highest BCUT2D eigenvalue weighted by molar-refractivity contribution is 5.90. The lowest BCUT2D eigenvalue weighted by molar-refractivity contribution is -0.124. The van der Waals surface area contributed by atoms with Gasteiger partial charge in [-0.3, -0.25) is 10.0 Å². The first-order valence-electron chi connectivity index (χ1n) is 8.76. The molecule has 0 radical (unpaired) electrons. The van der Waals surface area contributed by atoms with Crippen LogP contribution in [0.4, 0.5) is 5.82 Å². The monoisotopic (exact) mass is 330 g/mol. The molecule has 24 heavy (non-hydrogen) atoms. The number of nitrogens with one attached hydrogen (secondary N) is 3. The normalized spacial score (nSPS) is 24.5. The Kier molecular flexibility index (Phi) is 5.48. The molecule has 1 aliphatic carbocycles. The molecule has 1 atom stereocenters. The first-order chi connectivity index (χ1) is 11.7. The third kappa shape index (κ3) is 4.33. The molecule has 0 unspecified atom stereocenters. The van der Waals surface area contributed by atoms with Crippen LogP contribution in [0.15, 0.2) is 24.4 Å². The van der Waals surface area contributed by atoms with Crippen molar-refractivity contribution >= 4 is 17.8 Å². The molecule has 1 aromatic rings. The van der Waals surface area contributed by atoms with Crippen molar-refractivity contribution in [2.45, 2.75) is 44.1 Å². The molecule has 4 N–H and O–H groups in total. The number of carbonyl (C=O) groups excluding carboxylic acids is 1. The SMILES string of the molecule is O=C(/C=C/c1ccc(N[C@]2(CC3CCCC3)CCNC2)nc1)NO. The first kappa shape index (κ1) is 16.9. The van der Waals surface area contributed by atoms with E-state index in [1.165, 1.54) is 38.2 Å². The van der Waals surface area contributed by atoms with Gasteiger partial charge in [0.1, 0.15) is 5.82 Å². The van der Waals surface area contributed by atoms with Crippen LogP contribution < -0.4 is 16.1 Å². The summed E-state index contributed by atoms with van der Waals surface area (Å²) in [5.41, 5.74) is 2.49. The molecule has 1 saturated carbocycles. The summed E-state index contributed by atoms with van der Waals surface area (Å²) in [6.07, 6.45) is 12.4. The maximum absolute atomic E-state index is 11.0. The molecule has 2 heterocycles. The fourth-order valence-electron chi connectivity index (χ4n) is 3.90. The fraction of sp³-hybridized carbons (Fsp3) is 0.556.